The molecule has 26 heavy (non-hydrogen) atoms. The zero-order valence-corrected chi connectivity index (χ0v) is 14.6. The average molecular weight is 343 g/mol. The highest BCUT2D eigenvalue weighted by Crippen LogP contribution is 2.36. The first-order chi connectivity index (χ1) is 12.5. The lowest BCUT2D eigenvalue weighted by Gasteiger charge is -2.37. The van der Waals surface area contributed by atoms with E-state index in [0.717, 1.165) is 27.5 Å². The molecule has 1 aliphatic rings. The zero-order valence-electron chi connectivity index (χ0n) is 14.6. The van der Waals surface area contributed by atoms with Crippen molar-refractivity contribution in [1.82, 2.24) is 5.32 Å². The summed E-state index contributed by atoms with van der Waals surface area (Å²) < 4.78 is 0. The monoisotopic (exact) mass is 343 g/mol. The van der Waals surface area contributed by atoms with E-state index in [4.69, 9.17) is 0 Å². The Morgan fingerprint density at radius 1 is 1.04 bits per heavy atom. The molecule has 0 saturated carbocycles. The lowest BCUT2D eigenvalue weighted by molar-refractivity contribution is -0.121. The molecule has 0 bridgehead atoms. The smallest absolute Gasteiger partial charge is 0.217 e. The fourth-order valence-corrected chi connectivity index (χ4v) is 3.74. The molecule has 0 heterocycles. The van der Waals surface area contributed by atoms with Crippen molar-refractivity contribution in [3.8, 4) is 0 Å². The second-order valence-electron chi connectivity index (χ2n) is 6.94. The second-order valence-corrected chi connectivity index (χ2v) is 6.94. The molecule has 2 atom stereocenters. The summed E-state index contributed by atoms with van der Waals surface area (Å²) in [6.45, 7) is 1.48. The Hall–Kier alpha value is -2.91. The molecule has 3 aromatic rings. The lowest BCUT2D eigenvalue weighted by atomic mass is 9.78. The van der Waals surface area contributed by atoms with Crippen LogP contribution in [0.25, 0.3) is 16.8 Å². The van der Waals surface area contributed by atoms with Crippen LogP contribution in [0.3, 0.4) is 0 Å². The Kier molecular flexibility index (Phi) is 4.09. The molecule has 0 aromatic heterocycles. The molecule has 1 aliphatic carbocycles. The predicted molar refractivity (Wildman–Crippen MR) is 105 cm³/mol. The Balaban J connectivity index is 1.78. The highest BCUT2D eigenvalue weighted by atomic mass is 16.3. The van der Waals surface area contributed by atoms with Crippen molar-refractivity contribution in [2.24, 2.45) is 0 Å². The minimum atomic E-state index is -1.18. The topological polar surface area (TPSA) is 49.3 Å². The standard InChI is InChI=1S/C23H21NO2/c1-16(25)24-22(20-11-10-17-6-2-4-8-19(17)14-20)23(26)13-12-18-7-3-5-9-21(18)15-23/h2-14,22,26H,15H2,1H3,(H,24,25). The Labute approximate surface area is 153 Å². The summed E-state index contributed by atoms with van der Waals surface area (Å²) >= 11 is 0. The van der Waals surface area contributed by atoms with Crippen molar-refractivity contribution in [2.75, 3.05) is 0 Å². The van der Waals surface area contributed by atoms with Gasteiger partial charge in [0.15, 0.2) is 0 Å². The van der Waals surface area contributed by atoms with Crippen LogP contribution in [0, 0.1) is 0 Å². The number of fused-ring (bicyclic) bond motifs is 2. The number of rotatable bonds is 3. The molecule has 0 saturated heterocycles. The third-order valence-corrected chi connectivity index (χ3v) is 5.03. The van der Waals surface area contributed by atoms with Gasteiger partial charge in [0.1, 0.15) is 5.60 Å². The van der Waals surface area contributed by atoms with Gasteiger partial charge in [0.2, 0.25) is 5.91 Å². The van der Waals surface area contributed by atoms with Crippen LogP contribution in [0.5, 0.6) is 0 Å². The van der Waals surface area contributed by atoms with Gasteiger partial charge in [-0.1, -0.05) is 66.7 Å². The first-order valence-corrected chi connectivity index (χ1v) is 8.80. The van der Waals surface area contributed by atoms with Crippen molar-refractivity contribution < 1.29 is 9.90 Å². The molecule has 4 rings (SSSR count). The van der Waals surface area contributed by atoms with Crippen molar-refractivity contribution in [3.05, 3.63) is 89.5 Å². The first kappa shape index (κ1) is 16.6. The highest BCUT2D eigenvalue weighted by Gasteiger charge is 2.38. The van der Waals surface area contributed by atoms with Crippen LogP contribution in [-0.2, 0) is 11.2 Å². The van der Waals surface area contributed by atoms with E-state index in [9.17, 15) is 9.90 Å². The molecule has 0 aliphatic heterocycles. The van der Waals surface area contributed by atoms with Gasteiger partial charge < -0.3 is 10.4 Å². The Morgan fingerprint density at radius 2 is 1.77 bits per heavy atom. The fraction of sp³-hybridized carbons (Fsp3) is 0.174. The molecular formula is C23H21NO2. The van der Waals surface area contributed by atoms with Gasteiger partial charge in [-0.05, 0) is 39.6 Å². The van der Waals surface area contributed by atoms with Gasteiger partial charge in [-0.2, -0.15) is 0 Å². The number of nitrogens with one attached hydrogen (secondary N) is 1. The number of carbonyl (C=O) groups is 1. The van der Waals surface area contributed by atoms with E-state index in [1.165, 1.54) is 6.92 Å². The third kappa shape index (κ3) is 3.02. The minimum absolute atomic E-state index is 0.163. The van der Waals surface area contributed by atoms with Gasteiger partial charge >= 0.3 is 0 Å². The van der Waals surface area contributed by atoms with E-state index < -0.39 is 11.6 Å². The van der Waals surface area contributed by atoms with Crippen molar-refractivity contribution in [2.45, 2.75) is 25.0 Å². The number of hydrogen-bond acceptors (Lipinski definition) is 2. The molecule has 0 fully saturated rings. The van der Waals surface area contributed by atoms with E-state index in [1.54, 1.807) is 0 Å². The highest BCUT2D eigenvalue weighted by molar-refractivity contribution is 5.83. The zero-order chi connectivity index (χ0) is 18.1. The van der Waals surface area contributed by atoms with E-state index >= 15 is 0 Å². The maximum Gasteiger partial charge on any atom is 0.217 e. The molecule has 2 N–H and O–H groups in total. The van der Waals surface area contributed by atoms with E-state index in [-0.39, 0.29) is 5.91 Å². The number of benzene rings is 3. The largest absolute Gasteiger partial charge is 0.383 e. The Bertz CT molecular complexity index is 1010. The summed E-state index contributed by atoms with van der Waals surface area (Å²) in [5, 5.41) is 16.6. The van der Waals surface area contributed by atoms with Crippen LogP contribution >= 0.6 is 0 Å². The summed E-state index contributed by atoms with van der Waals surface area (Å²) in [4.78, 5) is 11.9. The summed E-state index contributed by atoms with van der Waals surface area (Å²) in [6.07, 6.45) is 4.21. The molecule has 1 amide bonds. The van der Waals surface area contributed by atoms with Crippen molar-refractivity contribution in [3.63, 3.8) is 0 Å². The van der Waals surface area contributed by atoms with E-state index in [1.807, 2.05) is 72.8 Å². The van der Waals surface area contributed by atoms with Crippen LogP contribution in [0.1, 0.15) is 29.7 Å². The molecule has 0 radical (unpaired) electrons. The van der Waals surface area contributed by atoms with Crippen LogP contribution in [0.4, 0.5) is 0 Å². The molecule has 0 spiro atoms. The number of aliphatic hydroxyl groups is 1. The first-order valence-electron chi connectivity index (χ1n) is 8.80. The number of carbonyl (C=O) groups excluding carboxylic acids is 1. The molecule has 2 unspecified atom stereocenters. The second kappa shape index (κ2) is 6.43. The normalized spacial score (nSPS) is 19.8. The average Bonchev–Trinajstić information content (AvgIpc) is 2.65. The van der Waals surface area contributed by atoms with Gasteiger partial charge in [0, 0.05) is 13.3 Å². The molecule has 3 nitrogen and oxygen atoms in total. The quantitative estimate of drug-likeness (QED) is 0.755. The van der Waals surface area contributed by atoms with Gasteiger partial charge in [-0.3, -0.25) is 4.79 Å². The molecule has 3 heteroatoms. The summed E-state index contributed by atoms with van der Waals surface area (Å²) in [7, 11) is 0. The van der Waals surface area contributed by atoms with Gasteiger partial charge in [-0.25, -0.2) is 0 Å². The van der Waals surface area contributed by atoms with Crippen LogP contribution < -0.4 is 5.32 Å². The molecule has 3 aromatic carbocycles. The van der Waals surface area contributed by atoms with Crippen LogP contribution in [-0.4, -0.2) is 16.6 Å². The number of amides is 1. The number of hydrogen-bond donors (Lipinski definition) is 2. The minimum Gasteiger partial charge on any atom is -0.383 e. The SMILES string of the molecule is CC(=O)NC(c1ccc2ccccc2c1)C1(O)C=Cc2ccccc2C1. The predicted octanol–water partition coefficient (Wildman–Crippen LogP) is 4.02. The summed E-state index contributed by atoms with van der Waals surface area (Å²) in [5.41, 5.74) is 1.90. The van der Waals surface area contributed by atoms with Crippen molar-refractivity contribution >= 4 is 22.8 Å². The van der Waals surface area contributed by atoms with Crippen LogP contribution in [0.15, 0.2) is 72.8 Å². The van der Waals surface area contributed by atoms with E-state index in [2.05, 4.69) is 11.4 Å². The maximum atomic E-state index is 11.9. The third-order valence-electron chi connectivity index (χ3n) is 5.03. The molecule has 130 valence electrons. The Morgan fingerprint density at radius 3 is 2.58 bits per heavy atom. The van der Waals surface area contributed by atoms with E-state index in [0.29, 0.717) is 6.42 Å². The van der Waals surface area contributed by atoms with Gasteiger partial charge in [0.05, 0.1) is 6.04 Å². The van der Waals surface area contributed by atoms with Crippen molar-refractivity contribution in [1.29, 1.82) is 0 Å². The summed E-state index contributed by atoms with van der Waals surface area (Å²) in [6, 6.07) is 21.6. The summed E-state index contributed by atoms with van der Waals surface area (Å²) in [5.74, 6) is -0.163. The van der Waals surface area contributed by atoms with Gasteiger partial charge in [-0.15, -0.1) is 0 Å². The molecular weight excluding hydrogens is 322 g/mol. The van der Waals surface area contributed by atoms with Gasteiger partial charge in [0.25, 0.3) is 0 Å². The fourth-order valence-electron chi connectivity index (χ4n) is 3.74. The maximum absolute atomic E-state index is 11.9. The lowest BCUT2D eigenvalue weighted by Crippen LogP contribution is -2.46. The van der Waals surface area contributed by atoms with Crippen LogP contribution in [0.2, 0.25) is 0 Å².